The predicted octanol–water partition coefficient (Wildman–Crippen LogP) is 4.29. The van der Waals surface area contributed by atoms with Crippen LogP contribution in [0, 0.1) is 6.92 Å². The van der Waals surface area contributed by atoms with E-state index in [4.69, 9.17) is 4.74 Å². The first kappa shape index (κ1) is 22.3. The van der Waals surface area contributed by atoms with Gasteiger partial charge in [0.1, 0.15) is 5.75 Å². The van der Waals surface area contributed by atoms with Gasteiger partial charge in [0, 0.05) is 24.7 Å². The number of hydrogen-bond donors (Lipinski definition) is 1. The largest absolute Gasteiger partial charge is 0.496 e. The molecule has 0 aliphatic carbocycles. The predicted molar refractivity (Wildman–Crippen MR) is 119 cm³/mol. The molecule has 1 aliphatic heterocycles. The van der Waals surface area contributed by atoms with Crippen molar-refractivity contribution in [2.45, 2.75) is 57.4 Å². The molecule has 162 valence electrons. The van der Waals surface area contributed by atoms with Crippen LogP contribution in [0.4, 0.5) is 5.69 Å². The molecule has 0 aromatic heterocycles. The average Bonchev–Trinajstić information content (AvgIpc) is 3.13. The van der Waals surface area contributed by atoms with Crippen molar-refractivity contribution in [3.8, 4) is 5.75 Å². The Balaban J connectivity index is 1.83. The molecule has 1 unspecified atom stereocenters. The Labute approximate surface area is 179 Å². The zero-order valence-corrected chi connectivity index (χ0v) is 19.0. The summed E-state index contributed by atoms with van der Waals surface area (Å²) in [6.07, 6.45) is 1.37. The standard InChI is InChI=1S/C23H30N2O4S/c1-15(2)20-14-21(16(3)13-22(20)29-5)17(4)24-30(27,28)19-10-8-18(9-11-19)25-12-6-7-23(25)26/h8-11,13-15,17,24H,6-7,12H2,1-5H3. The minimum Gasteiger partial charge on any atom is -0.496 e. The molecule has 1 fully saturated rings. The van der Waals surface area contributed by atoms with E-state index in [2.05, 4.69) is 18.6 Å². The Bertz CT molecular complexity index is 1030. The van der Waals surface area contributed by atoms with E-state index in [0.717, 1.165) is 34.5 Å². The number of carbonyl (C=O) groups is 1. The molecule has 0 bridgehead atoms. The maximum absolute atomic E-state index is 12.9. The van der Waals surface area contributed by atoms with Crippen LogP contribution < -0.4 is 14.4 Å². The molecule has 2 aromatic rings. The molecule has 3 rings (SSSR count). The highest BCUT2D eigenvalue weighted by molar-refractivity contribution is 7.89. The average molecular weight is 431 g/mol. The molecule has 0 spiro atoms. The van der Waals surface area contributed by atoms with E-state index < -0.39 is 16.1 Å². The Morgan fingerprint density at radius 3 is 2.27 bits per heavy atom. The van der Waals surface area contributed by atoms with Gasteiger partial charge < -0.3 is 9.64 Å². The maximum Gasteiger partial charge on any atom is 0.241 e. The van der Waals surface area contributed by atoms with Crippen molar-refractivity contribution in [3.05, 3.63) is 53.1 Å². The monoisotopic (exact) mass is 430 g/mol. The van der Waals surface area contributed by atoms with Crippen LogP contribution in [-0.2, 0) is 14.8 Å². The van der Waals surface area contributed by atoms with Crippen molar-refractivity contribution in [2.24, 2.45) is 0 Å². The Morgan fingerprint density at radius 2 is 1.73 bits per heavy atom. The lowest BCUT2D eigenvalue weighted by atomic mass is 9.94. The van der Waals surface area contributed by atoms with Crippen molar-refractivity contribution >= 4 is 21.6 Å². The quantitative estimate of drug-likeness (QED) is 0.711. The zero-order valence-electron chi connectivity index (χ0n) is 18.2. The number of carbonyl (C=O) groups excluding carboxylic acids is 1. The molecule has 1 saturated heterocycles. The summed E-state index contributed by atoms with van der Waals surface area (Å²) in [6.45, 7) is 8.63. The minimum absolute atomic E-state index is 0.0771. The van der Waals surface area contributed by atoms with Gasteiger partial charge in [0.2, 0.25) is 15.9 Å². The van der Waals surface area contributed by atoms with Crippen LogP contribution in [0.15, 0.2) is 41.3 Å². The van der Waals surface area contributed by atoms with Gasteiger partial charge in [-0.15, -0.1) is 0 Å². The van der Waals surface area contributed by atoms with Gasteiger partial charge in [-0.25, -0.2) is 13.1 Å². The highest BCUT2D eigenvalue weighted by Gasteiger charge is 2.24. The summed E-state index contributed by atoms with van der Waals surface area (Å²) in [5, 5.41) is 0. The third-order valence-electron chi connectivity index (χ3n) is 5.57. The fourth-order valence-corrected chi connectivity index (χ4v) is 5.12. The van der Waals surface area contributed by atoms with Crippen molar-refractivity contribution < 1.29 is 17.9 Å². The molecule has 1 amide bonds. The molecule has 0 saturated carbocycles. The molecule has 6 nitrogen and oxygen atoms in total. The number of hydrogen-bond acceptors (Lipinski definition) is 4. The minimum atomic E-state index is -3.71. The van der Waals surface area contributed by atoms with E-state index in [-0.39, 0.29) is 16.7 Å². The highest BCUT2D eigenvalue weighted by Crippen LogP contribution is 2.32. The Morgan fingerprint density at radius 1 is 1.07 bits per heavy atom. The number of sulfonamides is 1. The van der Waals surface area contributed by atoms with Crippen LogP contribution in [0.25, 0.3) is 0 Å². The lowest BCUT2D eigenvalue weighted by Crippen LogP contribution is -2.28. The van der Waals surface area contributed by atoms with Gasteiger partial charge in [-0.1, -0.05) is 13.8 Å². The molecular weight excluding hydrogens is 400 g/mol. The molecule has 0 radical (unpaired) electrons. The van der Waals surface area contributed by atoms with Gasteiger partial charge in [0.05, 0.1) is 12.0 Å². The fourth-order valence-electron chi connectivity index (χ4n) is 3.90. The molecule has 1 atom stereocenters. The molecule has 1 aliphatic rings. The number of nitrogens with zero attached hydrogens (tertiary/aromatic N) is 1. The summed E-state index contributed by atoms with van der Waals surface area (Å²) in [5.41, 5.74) is 3.66. The summed E-state index contributed by atoms with van der Waals surface area (Å²) >= 11 is 0. The summed E-state index contributed by atoms with van der Waals surface area (Å²) in [5.74, 6) is 1.14. The lowest BCUT2D eigenvalue weighted by molar-refractivity contribution is -0.117. The van der Waals surface area contributed by atoms with Gasteiger partial charge in [-0.3, -0.25) is 4.79 Å². The number of ether oxygens (including phenoxy) is 1. The lowest BCUT2D eigenvalue weighted by Gasteiger charge is -2.21. The van der Waals surface area contributed by atoms with Crippen molar-refractivity contribution in [1.82, 2.24) is 4.72 Å². The van der Waals surface area contributed by atoms with Crippen molar-refractivity contribution in [3.63, 3.8) is 0 Å². The van der Waals surface area contributed by atoms with Gasteiger partial charge in [0.15, 0.2) is 0 Å². The number of amides is 1. The number of anilines is 1. The van der Waals surface area contributed by atoms with Crippen LogP contribution in [0.3, 0.4) is 0 Å². The van der Waals surface area contributed by atoms with E-state index in [1.807, 2.05) is 26.0 Å². The van der Waals surface area contributed by atoms with E-state index >= 15 is 0 Å². The molecule has 1 heterocycles. The van der Waals surface area contributed by atoms with Crippen molar-refractivity contribution in [1.29, 1.82) is 0 Å². The molecule has 1 N–H and O–H groups in total. The van der Waals surface area contributed by atoms with E-state index in [9.17, 15) is 13.2 Å². The molecule has 7 heteroatoms. The van der Waals surface area contributed by atoms with E-state index in [0.29, 0.717) is 13.0 Å². The van der Waals surface area contributed by atoms with Gasteiger partial charge in [0.25, 0.3) is 0 Å². The second-order valence-electron chi connectivity index (χ2n) is 8.09. The third-order valence-corrected chi connectivity index (χ3v) is 7.13. The second-order valence-corrected chi connectivity index (χ2v) is 9.81. The van der Waals surface area contributed by atoms with Crippen LogP contribution in [0.2, 0.25) is 0 Å². The number of aryl methyl sites for hydroxylation is 1. The number of rotatable bonds is 7. The second kappa shape index (κ2) is 8.78. The van der Waals surface area contributed by atoms with Crippen LogP contribution in [0.1, 0.15) is 62.3 Å². The Hall–Kier alpha value is -2.38. The smallest absolute Gasteiger partial charge is 0.241 e. The van der Waals surface area contributed by atoms with Gasteiger partial charge >= 0.3 is 0 Å². The third kappa shape index (κ3) is 4.52. The highest BCUT2D eigenvalue weighted by atomic mass is 32.2. The van der Waals surface area contributed by atoms with Crippen LogP contribution in [-0.4, -0.2) is 28.0 Å². The summed E-state index contributed by atoms with van der Waals surface area (Å²) < 4.78 is 34.2. The number of benzene rings is 2. The van der Waals surface area contributed by atoms with E-state index in [1.54, 1.807) is 36.3 Å². The number of methoxy groups -OCH3 is 1. The molecule has 2 aromatic carbocycles. The summed E-state index contributed by atoms with van der Waals surface area (Å²) in [7, 11) is -2.07. The normalized spacial score (nSPS) is 15.7. The van der Waals surface area contributed by atoms with Gasteiger partial charge in [-0.05, 0) is 79.3 Å². The Kier molecular flexibility index (Phi) is 6.53. The topological polar surface area (TPSA) is 75.7 Å². The van der Waals surface area contributed by atoms with Crippen LogP contribution >= 0.6 is 0 Å². The summed E-state index contributed by atoms with van der Waals surface area (Å²) in [4.78, 5) is 13.8. The SMILES string of the molecule is COc1cc(C)c(C(C)NS(=O)(=O)c2ccc(N3CCCC3=O)cc2)cc1C(C)C. The fraction of sp³-hybridized carbons (Fsp3) is 0.435. The molecular formula is C23H30N2O4S. The van der Waals surface area contributed by atoms with Crippen LogP contribution in [0.5, 0.6) is 5.75 Å². The first-order chi connectivity index (χ1) is 14.1. The maximum atomic E-state index is 12.9. The first-order valence-corrected chi connectivity index (χ1v) is 11.7. The van der Waals surface area contributed by atoms with Crippen molar-refractivity contribution in [2.75, 3.05) is 18.6 Å². The number of nitrogens with one attached hydrogen (secondary N) is 1. The first-order valence-electron chi connectivity index (χ1n) is 10.2. The summed E-state index contributed by atoms with van der Waals surface area (Å²) in [6, 6.07) is 10.1. The van der Waals surface area contributed by atoms with E-state index in [1.165, 1.54) is 0 Å². The zero-order chi connectivity index (χ0) is 22.1. The van der Waals surface area contributed by atoms with Gasteiger partial charge in [-0.2, -0.15) is 0 Å². The molecule has 30 heavy (non-hydrogen) atoms.